The lowest BCUT2D eigenvalue weighted by Crippen LogP contribution is -2.30. The first kappa shape index (κ1) is 12.4. The van der Waals surface area contributed by atoms with Crippen LogP contribution in [0.1, 0.15) is 25.5 Å². The predicted molar refractivity (Wildman–Crippen MR) is 74.4 cm³/mol. The van der Waals surface area contributed by atoms with Crippen molar-refractivity contribution in [1.29, 1.82) is 0 Å². The lowest BCUT2D eigenvalue weighted by Gasteiger charge is -2.14. The summed E-state index contributed by atoms with van der Waals surface area (Å²) in [6.07, 6.45) is 6.28. The highest BCUT2D eigenvalue weighted by Crippen LogP contribution is 2.18. The fourth-order valence-electron chi connectivity index (χ4n) is 2.35. The van der Waals surface area contributed by atoms with Gasteiger partial charge in [-0.05, 0) is 38.3 Å². The van der Waals surface area contributed by atoms with E-state index in [-0.39, 0.29) is 5.56 Å². The maximum Gasteiger partial charge on any atom is 0.276 e. The molecule has 1 N–H and O–H groups in total. The maximum atomic E-state index is 12.3. The summed E-state index contributed by atoms with van der Waals surface area (Å²) in [5.41, 5.74) is 1.57. The highest BCUT2D eigenvalue weighted by Gasteiger charge is 2.21. The van der Waals surface area contributed by atoms with Crippen molar-refractivity contribution >= 4 is 5.52 Å². The van der Waals surface area contributed by atoms with Crippen molar-refractivity contribution < 1.29 is 0 Å². The first-order valence-corrected chi connectivity index (χ1v) is 6.92. The third kappa shape index (κ3) is 2.71. The van der Waals surface area contributed by atoms with E-state index in [2.05, 4.69) is 17.3 Å². The minimum atomic E-state index is 0.0429. The number of aromatic nitrogens is 3. The highest BCUT2D eigenvalue weighted by atomic mass is 16.1. The zero-order chi connectivity index (χ0) is 13.4. The van der Waals surface area contributed by atoms with Crippen LogP contribution < -0.4 is 10.9 Å². The van der Waals surface area contributed by atoms with Crippen LogP contribution in [0.25, 0.3) is 5.52 Å². The van der Waals surface area contributed by atoms with Crippen molar-refractivity contribution in [3.05, 3.63) is 34.5 Å². The number of nitrogens with one attached hydrogen (secondary N) is 1. The number of hydrogen-bond donors (Lipinski definition) is 1. The molecule has 0 bridgehead atoms. The smallest absolute Gasteiger partial charge is 0.276 e. The number of nitrogens with zero attached hydrogens (tertiary/aromatic N) is 3. The maximum absolute atomic E-state index is 12.3. The van der Waals surface area contributed by atoms with Gasteiger partial charge in [-0.15, -0.1) is 0 Å². The van der Waals surface area contributed by atoms with Gasteiger partial charge in [0.25, 0.3) is 5.56 Å². The third-order valence-electron chi connectivity index (χ3n) is 3.57. The molecule has 102 valence electrons. The summed E-state index contributed by atoms with van der Waals surface area (Å²) in [4.78, 5) is 12.3. The Hall–Kier alpha value is -1.62. The van der Waals surface area contributed by atoms with Crippen LogP contribution in [0, 0.1) is 12.8 Å². The molecule has 1 fully saturated rings. The zero-order valence-electron chi connectivity index (χ0n) is 11.5. The molecule has 0 saturated heterocycles. The van der Waals surface area contributed by atoms with E-state index in [1.165, 1.54) is 12.8 Å². The number of aryl methyl sites for hydroxylation is 1. The van der Waals surface area contributed by atoms with Crippen LogP contribution in [0.5, 0.6) is 0 Å². The Labute approximate surface area is 112 Å². The van der Waals surface area contributed by atoms with Gasteiger partial charge < -0.3 is 9.88 Å². The lowest BCUT2D eigenvalue weighted by molar-refractivity contribution is 0.437. The van der Waals surface area contributed by atoms with Gasteiger partial charge in [-0.3, -0.25) is 4.79 Å². The molecule has 2 aromatic heterocycles. The molecule has 0 aromatic carbocycles. The Kier molecular flexibility index (Phi) is 3.14. The molecule has 1 aliphatic carbocycles. The second-order valence-corrected chi connectivity index (χ2v) is 5.66. The van der Waals surface area contributed by atoms with Gasteiger partial charge in [-0.25, -0.2) is 4.52 Å². The summed E-state index contributed by atoms with van der Waals surface area (Å²) in [6.45, 7) is 5.80. The molecule has 1 atom stereocenters. The van der Waals surface area contributed by atoms with Gasteiger partial charge in [-0.1, -0.05) is 6.92 Å². The molecule has 0 spiro atoms. The van der Waals surface area contributed by atoms with Gasteiger partial charge in [0.1, 0.15) is 5.52 Å². The largest absolute Gasteiger partial charge is 0.314 e. The van der Waals surface area contributed by atoms with Crippen LogP contribution in [0.4, 0.5) is 0 Å². The molecule has 1 aliphatic rings. The van der Waals surface area contributed by atoms with Crippen LogP contribution in [0.3, 0.4) is 0 Å². The van der Waals surface area contributed by atoms with Crippen LogP contribution in [-0.2, 0) is 6.54 Å². The molecule has 2 aromatic rings. The van der Waals surface area contributed by atoms with Gasteiger partial charge in [0.05, 0.1) is 5.69 Å². The standard InChI is InChI=1S/C14H20N4O/c1-10(8-15-12-3-4-12)9-17-5-6-18-13(14(17)19)7-11(2)16-18/h5-7,10,12,15H,3-4,8-9H2,1-2H3. The summed E-state index contributed by atoms with van der Waals surface area (Å²) < 4.78 is 3.44. The summed E-state index contributed by atoms with van der Waals surface area (Å²) in [5, 5.41) is 7.76. The summed E-state index contributed by atoms with van der Waals surface area (Å²) in [7, 11) is 0. The SMILES string of the molecule is Cc1cc2c(=O)n(CC(C)CNC3CC3)ccn2n1. The molecular formula is C14H20N4O. The Morgan fingerprint density at radius 1 is 1.47 bits per heavy atom. The first-order chi connectivity index (χ1) is 9.13. The van der Waals surface area contributed by atoms with Gasteiger partial charge in [-0.2, -0.15) is 5.10 Å². The van der Waals surface area contributed by atoms with E-state index in [1.54, 1.807) is 9.08 Å². The van der Waals surface area contributed by atoms with Gasteiger partial charge in [0, 0.05) is 25.0 Å². The van der Waals surface area contributed by atoms with E-state index in [4.69, 9.17) is 0 Å². The minimum absolute atomic E-state index is 0.0429. The number of rotatable bonds is 5. The highest BCUT2D eigenvalue weighted by molar-refractivity contribution is 5.44. The fraction of sp³-hybridized carbons (Fsp3) is 0.571. The fourth-order valence-corrected chi connectivity index (χ4v) is 2.35. The molecule has 3 rings (SSSR count). The molecule has 0 aliphatic heterocycles. The van der Waals surface area contributed by atoms with Crippen LogP contribution >= 0.6 is 0 Å². The molecular weight excluding hydrogens is 240 g/mol. The second-order valence-electron chi connectivity index (χ2n) is 5.66. The quantitative estimate of drug-likeness (QED) is 0.878. The zero-order valence-corrected chi connectivity index (χ0v) is 11.5. The van der Waals surface area contributed by atoms with E-state index in [1.807, 2.05) is 25.4 Å². The van der Waals surface area contributed by atoms with Crippen LogP contribution in [-0.4, -0.2) is 26.8 Å². The van der Waals surface area contributed by atoms with E-state index >= 15 is 0 Å². The van der Waals surface area contributed by atoms with E-state index in [0.717, 1.165) is 24.8 Å². The van der Waals surface area contributed by atoms with Crippen LogP contribution in [0.2, 0.25) is 0 Å². The van der Waals surface area contributed by atoms with E-state index < -0.39 is 0 Å². The molecule has 1 saturated carbocycles. The first-order valence-electron chi connectivity index (χ1n) is 6.92. The average molecular weight is 260 g/mol. The molecule has 1 unspecified atom stereocenters. The monoisotopic (exact) mass is 260 g/mol. The summed E-state index contributed by atoms with van der Waals surface area (Å²) >= 11 is 0. The Bertz CT molecular complexity index is 638. The molecule has 2 heterocycles. The summed E-state index contributed by atoms with van der Waals surface area (Å²) in [6, 6.07) is 2.56. The molecule has 5 nitrogen and oxygen atoms in total. The van der Waals surface area contributed by atoms with Gasteiger partial charge in [0.15, 0.2) is 0 Å². The molecule has 19 heavy (non-hydrogen) atoms. The van der Waals surface area contributed by atoms with E-state index in [0.29, 0.717) is 11.4 Å². The van der Waals surface area contributed by atoms with Crippen molar-refractivity contribution in [2.75, 3.05) is 6.54 Å². The van der Waals surface area contributed by atoms with E-state index in [9.17, 15) is 4.79 Å². The Morgan fingerprint density at radius 2 is 2.26 bits per heavy atom. The van der Waals surface area contributed by atoms with Crippen molar-refractivity contribution in [3.8, 4) is 0 Å². The Balaban J connectivity index is 1.76. The average Bonchev–Trinajstić information content (AvgIpc) is 3.12. The van der Waals surface area contributed by atoms with Crippen molar-refractivity contribution in [3.63, 3.8) is 0 Å². The van der Waals surface area contributed by atoms with Crippen LogP contribution in [0.15, 0.2) is 23.3 Å². The second kappa shape index (κ2) is 4.81. The van der Waals surface area contributed by atoms with Crippen molar-refractivity contribution in [1.82, 2.24) is 19.5 Å². The normalized spacial score (nSPS) is 16.9. The molecule has 0 radical (unpaired) electrons. The lowest BCUT2D eigenvalue weighted by atomic mass is 10.2. The Morgan fingerprint density at radius 3 is 3.00 bits per heavy atom. The van der Waals surface area contributed by atoms with Gasteiger partial charge in [0.2, 0.25) is 0 Å². The minimum Gasteiger partial charge on any atom is -0.314 e. The number of hydrogen-bond acceptors (Lipinski definition) is 3. The van der Waals surface area contributed by atoms with Crippen molar-refractivity contribution in [2.45, 2.75) is 39.3 Å². The topological polar surface area (TPSA) is 51.3 Å². The third-order valence-corrected chi connectivity index (χ3v) is 3.57. The summed E-state index contributed by atoms with van der Waals surface area (Å²) in [5.74, 6) is 0.449. The van der Waals surface area contributed by atoms with Crippen molar-refractivity contribution in [2.24, 2.45) is 5.92 Å². The van der Waals surface area contributed by atoms with Gasteiger partial charge >= 0.3 is 0 Å². The molecule has 0 amide bonds. The predicted octanol–water partition coefficient (Wildman–Crippen LogP) is 1.19. The number of fused-ring (bicyclic) bond motifs is 1. The molecule has 5 heteroatoms.